The van der Waals surface area contributed by atoms with Gasteiger partial charge in [-0.05, 0) is 6.42 Å². The Balaban J connectivity index is 2.85. The second-order valence-corrected chi connectivity index (χ2v) is 5.15. The Bertz CT molecular complexity index is 753. The van der Waals surface area contributed by atoms with Gasteiger partial charge in [0.15, 0.2) is 11.2 Å². The summed E-state index contributed by atoms with van der Waals surface area (Å²) in [6.45, 7) is 5.57. The highest BCUT2D eigenvalue weighted by Crippen LogP contribution is 2.12. The number of rotatable bonds is 6. The van der Waals surface area contributed by atoms with Crippen LogP contribution >= 0.6 is 0 Å². The lowest BCUT2D eigenvalue weighted by atomic mass is 10.3. The number of aromatic nitrogens is 4. The van der Waals surface area contributed by atoms with Crippen molar-refractivity contribution < 1.29 is 0 Å². The van der Waals surface area contributed by atoms with Crippen LogP contribution in [-0.2, 0) is 26.6 Å². The number of hydrogen-bond acceptors (Lipinski definition) is 4. The molecule has 0 fully saturated rings. The van der Waals surface area contributed by atoms with Crippen LogP contribution in [0, 0.1) is 0 Å². The van der Waals surface area contributed by atoms with Crippen LogP contribution in [0.2, 0.25) is 0 Å². The number of aryl methyl sites for hydroxylation is 2. The van der Waals surface area contributed by atoms with Crippen molar-refractivity contribution in [2.75, 3.05) is 6.54 Å². The zero-order valence-corrected chi connectivity index (χ0v) is 12.9. The normalized spacial score (nSPS) is 11.4. The Morgan fingerprint density at radius 1 is 1.14 bits per heavy atom. The van der Waals surface area contributed by atoms with Gasteiger partial charge < -0.3 is 10.3 Å². The molecule has 116 valence electrons. The van der Waals surface area contributed by atoms with Gasteiger partial charge in [0.25, 0.3) is 5.56 Å². The highest BCUT2D eigenvalue weighted by molar-refractivity contribution is 5.71. The van der Waals surface area contributed by atoms with E-state index in [9.17, 15) is 9.59 Å². The van der Waals surface area contributed by atoms with Gasteiger partial charge in [0.05, 0.1) is 0 Å². The van der Waals surface area contributed by atoms with Gasteiger partial charge >= 0.3 is 5.69 Å². The minimum Gasteiger partial charge on any atom is -0.329 e. The molecule has 7 heteroatoms. The Morgan fingerprint density at radius 2 is 1.86 bits per heavy atom. The van der Waals surface area contributed by atoms with E-state index < -0.39 is 0 Å². The van der Waals surface area contributed by atoms with Crippen LogP contribution < -0.4 is 17.0 Å². The van der Waals surface area contributed by atoms with Crippen LogP contribution in [0.4, 0.5) is 0 Å². The van der Waals surface area contributed by atoms with Crippen molar-refractivity contribution in [3.8, 4) is 0 Å². The summed E-state index contributed by atoms with van der Waals surface area (Å²) in [5, 5.41) is 0. The molecule has 0 saturated carbocycles. The third-order valence-corrected chi connectivity index (χ3v) is 3.71. The van der Waals surface area contributed by atoms with Gasteiger partial charge in [-0.1, -0.05) is 20.3 Å². The molecule has 7 nitrogen and oxygen atoms in total. The molecule has 0 spiro atoms. The maximum atomic E-state index is 12.4. The van der Waals surface area contributed by atoms with Crippen LogP contribution in [0.25, 0.3) is 11.2 Å². The lowest BCUT2D eigenvalue weighted by molar-refractivity contribution is 0.583. The summed E-state index contributed by atoms with van der Waals surface area (Å²) in [5.41, 5.74) is 6.01. The van der Waals surface area contributed by atoms with Crippen LogP contribution in [0.1, 0.15) is 32.5 Å². The molecule has 2 N–H and O–H groups in total. The Morgan fingerprint density at radius 3 is 2.43 bits per heavy atom. The first kappa shape index (κ1) is 15.5. The number of unbranched alkanes of at least 4 members (excludes halogenated alkanes) is 1. The van der Waals surface area contributed by atoms with Gasteiger partial charge in [0, 0.05) is 33.1 Å². The summed E-state index contributed by atoms with van der Waals surface area (Å²) in [4.78, 5) is 29.3. The molecule has 0 radical (unpaired) electrons. The van der Waals surface area contributed by atoms with Crippen molar-refractivity contribution in [3.05, 3.63) is 26.7 Å². The van der Waals surface area contributed by atoms with E-state index in [1.807, 2.05) is 11.5 Å². The molecule has 0 amide bonds. The molecule has 0 aromatic carbocycles. The van der Waals surface area contributed by atoms with E-state index in [0.29, 0.717) is 37.2 Å². The average Bonchev–Trinajstić information content (AvgIpc) is 2.84. The first-order valence-electron chi connectivity index (χ1n) is 7.45. The quantitative estimate of drug-likeness (QED) is 0.825. The molecule has 2 rings (SSSR count). The van der Waals surface area contributed by atoms with Crippen molar-refractivity contribution >= 4 is 11.2 Å². The number of imidazole rings is 1. The fraction of sp³-hybridized carbons (Fsp3) is 0.643. The van der Waals surface area contributed by atoms with Crippen molar-refractivity contribution in [2.24, 2.45) is 12.8 Å². The minimum absolute atomic E-state index is 0.302. The number of hydrogen-bond donors (Lipinski definition) is 1. The second-order valence-electron chi connectivity index (χ2n) is 5.15. The zero-order valence-electron chi connectivity index (χ0n) is 12.9. The predicted octanol–water partition coefficient (Wildman–Crippen LogP) is 0.218. The van der Waals surface area contributed by atoms with Crippen molar-refractivity contribution in [2.45, 2.75) is 46.2 Å². The third kappa shape index (κ3) is 2.53. The predicted molar refractivity (Wildman–Crippen MR) is 82.6 cm³/mol. The van der Waals surface area contributed by atoms with Gasteiger partial charge in [-0.3, -0.25) is 13.9 Å². The summed E-state index contributed by atoms with van der Waals surface area (Å²) in [6.07, 6.45) is 2.54. The number of nitrogens with zero attached hydrogens (tertiary/aromatic N) is 4. The van der Waals surface area contributed by atoms with Gasteiger partial charge in [0.1, 0.15) is 5.82 Å². The van der Waals surface area contributed by atoms with E-state index in [1.165, 1.54) is 7.05 Å². The van der Waals surface area contributed by atoms with Crippen LogP contribution in [0.3, 0.4) is 0 Å². The standard InChI is InChI=1S/C14H23N5O2/c1-4-6-8-19-12-11(13(20)17(3)14(19)21)18(9-7-15)10(5-2)16-12/h4-9,15H2,1-3H3. The maximum absolute atomic E-state index is 12.4. The summed E-state index contributed by atoms with van der Waals surface area (Å²) >= 11 is 0. The van der Waals surface area contributed by atoms with Crippen molar-refractivity contribution in [1.82, 2.24) is 18.7 Å². The fourth-order valence-corrected chi connectivity index (χ4v) is 2.56. The molecule has 0 unspecified atom stereocenters. The largest absolute Gasteiger partial charge is 0.332 e. The molecule has 0 aliphatic rings. The molecule has 0 atom stereocenters. The van der Waals surface area contributed by atoms with E-state index in [2.05, 4.69) is 11.9 Å². The molecular weight excluding hydrogens is 270 g/mol. The van der Waals surface area contributed by atoms with Gasteiger partial charge in [-0.15, -0.1) is 0 Å². The first-order valence-corrected chi connectivity index (χ1v) is 7.45. The Hall–Kier alpha value is -1.89. The molecule has 0 saturated heterocycles. The average molecular weight is 293 g/mol. The molecule has 2 aromatic rings. The number of fused-ring (bicyclic) bond motifs is 1. The van der Waals surface area contributed by atoms with E-state index in [-0.39, 0.29) is 11.2 Å². The van der Waals surface area contributed by atoms with Gasteiger partial charge in [-0.25, -0.2) is 9.78 Å². The van der Waals surface area contributed by atoms with Crippen molar-refractivity contribution in [1.29, 1.82) is 0 Å². The summed E-state index contributed by atoms with van der Waals surface area (Å²) in [5.74, 6) is 0.795. The highest BCUT2D eigenvalue weighted by Gasteiger charge is 2.18. The molecule has 0 aliphatic heterocycles. The third-order valence-electron chi connectivity index (χ3n) is 3.71. The van der Waals surface area contributed by atoms with Crippen LogP contribution in [0.15, 0.2) is 9.59 Å². The van der Waals surface area contributed by atoms with E-state index >= 15 is 0 Å². The number of nitrogens with two attached hydrogens (primary N) is 1. The van der Waals surface area contributed by atoms with Gasteiger partial charge in [-0.2, -0.15) is 0 Å². The van der Waals surface area contributed by atoms with E-state index in [0.717, 1.165) is 23.2 Å². The second kappa shape index (κ2) is 6.26. The molecule has 0 aliphatic carbocycles. The SMILES string of the molecule is CCCCn1c(=O)n(C)c(=O)c2c1nc(CC)n2CCN. The Labute approximate surface area is 123 Å². The maximum Gasteiger partial charge on any atom is 0.332 e. The highest BCUT2D eigenvalue weighted by atomic mass is 16.2. The van der Waals surface area contributed by atoms with Gasteiger partial charge in [0.2, 0.25) is 0 Å². The molecule has 0 bridgehead atoms. The summed E-state index contributed by atoms with van der Waals surface area (Å²) in [6, 6.07) is 0. The van der Waals surface area contributed by atoms with E-state index in [4.69, 9.17) is 5.73 Å². The molecule has 21 heavy (non-hydrogen) atoms. The lowest BCUT2D eigenvalue weighted by Crippen LogP contribution is -2.39. The fourth-order valence-electron chi connectivity index (χ4n) is 2.56. The Kier molecular flexibility index (Phi) is 4.62. The van der Waals surface area contributed by atoms with E-state index in [1.54, 1.807) is 4.57 Å². The summed E-state index contributed by atoms with van der Waals surface area (Å²) in [7, 11) is 1.51. The molecule has 2 heterocycles. The van der Waals surface area contributed by atoms with Crippen molar-refractivity contribution in [3.63, 3.8) is 0 Å². The molecular formula is C14H23N5O2. The van der Waals surface area contributed by atoms with Crippen LogP contribution in [-0.4, -0.2) is 25.2 Å². The summed E-state index contributed by atoms with van der Waals surface area (Å²) < 4.78 is 4.61. The topological polar surface area (TPSA) is 87.8 Å². The monoisotopic (exact) mass is 293 g/mol. The van der Waals surface area contributed by atoms with Crippen LogP contribution in [0.5, 0.6) is 0 Å². The lowest BCUT2D eigenvalue weighted by Gasteiger charge is -2.09. The minimum atomic E-state index is -0.305. The first-order chi connectivity index (χ1) is 10.1. The molecule has 2 aromatic heterocycles. The zero-order chi connectivity index (χ0) is 15.6. The smallest absolute Gasteiger partial charge is 0.329 e.